The number of rotatable bonds is 8. The maximum atomic E-state index is 13.6. The summed E-state index contributed by atoms with van der Waals surface area (Å²) in [6.07, 6.45) is 3.74. The molecule has 5 N–H and O–H groups in total. The smallest absolute Gasteiger partial charge is 0.268 e. The number of fused-ring (bicyclic) bond motifs is 1. The van der Waals surface area contributed by atoms with Crippen LogP contribution in [0.25, 0.3) is 10.9 Å². The number of aliphatic hydroxyl groups excluding tert-OH is 1. The average molecular weight is 476 g/mol. The Morgan fingerprint density at radius 1 is 1.24 bits per heavy atom. The highest BCUT2D eigenvalue weighted by molar-refractivity contribution is 6.35. The van der Waals surface area contributed by atoms with Crippen LogP contribution >= 0.6 is 11.6 Å². The molecule has 2 aromatic rings. The Bertz CT molecular complexity index is 1080. The van der Waals surface area contributed by atoms with Gasteiger partial charge in [-0.3, -0.25) is 14.9 Å². The quantitative estimate of drug-likeness (QED) is 0.400. The predicted octanol–water partition coefficient (Wildman–Crippen LogP) is 2.58. The van der Waals surface area contributed by atoms with Crippen molar-refractivity contribution in [3.8, 4) is 6.07 Å². The van der Waals surface area contributed by atoms with E-state index in [0.29, 0.717) is 29.7 Å². The van der Waals surface area contributed by atoms with E-state index in [0.717, 1.165) is 38.3 Å². The summed E-state index contributed by atoms with van der Waals surface area (Å²) in [5.74, 6) is -1.23. The van der Waals surface area contributed by atoms with Crippen LogP contribution in [0.1, 0.15) is 49.0 Å². The molecule has 4 atom stereocenters. The minimum Gasteiger partial charge on any atom is -0.378 e. The molecule has 1 aliphatic carbocycles. The number of aromatic amines is 1. The molecule has 1 saturated carbocycles. The fraction of sp³-hybridized carbons (Fsp3) is 0.522. The van der Waals surface area contributed by atoms with E-state index in [1.165, 1.54) is 12.1 Å². The molecule has 4 unspecified atom stereocenters. The number of aromatic nitrogens is 1. The lowest BCUT2D eigenvalue weighted by Gasteiger charge is -2.30. The van der Waals surface area contributed by atoms with Gasteiger partial charge < -0.3 is 20.7 Å². The van der Waals surface area contributed by atoms with Crippen molar-refractivity contribution in [1.82, 2.24) is 20.9 Å². The van der Waals surface area contributed by atoms with Gasteiger partial charge >= 0.3 is 0 Å². The Labute approximate surface area is 195 Å². The molecule has 1 aliphatic heterocycles. The highest BCUT2D eigenvalue weighted by Crippen LogP contribution is 2.34. The van der Waals surface area contributed by atoms with E-state index in [2.05, 4.69) is 27.0 Å². The number of benzene rings is 1. The normalized spacial score (nSPS) is 22.4. The maximum absolute atomic E-state index is 13.6. The van der Waals surface area contributed by atoms with Crippen molar-refractivity contribution >= 4 is 34.3 Å². The molecule has 10 heteroatoms. The van der Waals surface area contributed by atoms with Gasteiger partial charge in [-0.05, 0) is 56.3 Å². The molecule has 2 fully saturated rings. The SMILES string of the molecule is N#CC(CC1CCCNC1O)NC(=O)C(CC1CC1)NC(=O)c1cc2cc(F)cc(Cl)c2[nH]1. The maximum Gasteiger partial charge on any atom is 0.268 e. The first kappa shape index (κ1) is 23.5. The Morgan fingerprint density at radius 2 is 2.03 bits per heavy atom. The highest BCUT2D eigenvalue weighted by atomic mass is 35.5. The molecule has 1 aromatic heterocycles. The zero-order chi connectivity index (χ0) is 23.5. The first-order valence-electron chi connectivity index (χ1n) is 11.2. The van der Waals surface area contributed by atoms with Gasteiger partial charge in [0.05, 0.1) is 16.6 Å². The number of halogens is 2. The van der Waals surface area contributed by atoms with Gasteiger partial charge in [0, 0.05) is 11.3 Å². The summed E-state index contributed by atoms with van der Waals surface area (Å²) >= 11 is 6.06. The Balaban J connectivity index is 1.43. The van der Waals surface area contributed by atoms with E-state index in [-0.39, 0.29) is 16.6 Å². The largest absolute Gasteiger partial charge is 0.378 e. The van der Waals surface area contributed by atoms with Gasteiger partial charge in [0.15, 0.2) is 0 Å². The molecule has 0 bridgehead atoms. The van der Waals surface area contributed by atoms with Gasteiger partial charge in [-0.25, -0.2) is 4.39 Å². The van der Waals surface area contributed by atoms with Gasteiger partial charge in [0.2, 0.25) is 5.91 Å². The zero-order valence-electron chi connectivity index (χ0n) is 18.0. The van der Waals surface area contributed by atoms with E-state index >= 15 is 0 Å². The van der Waals surface area contributed by atoms with Crippen molar-refractivity contribution in [2.75, 3.05) is 6.54 Å². The lowest BCUT2D eigenvalue weighted by Crippen LogP contribution is -2.51. The molecule has 176 valence electrons. The van der Waals surface area contributed by atoms with Crippen molar-refractivity contribution in [1.29, 1.82) is 5.26 Å². The van der Waals surface area contributed by atoms with Crippen molar-refractivity contribution in [2.45, 2.75) is 56.8 Å². The van der Waals surface area contributed by atoms with Crippen molar-refractivity contribution in [3.05, 3.63) is 34.7 Å². The molecule has 2 amide bonds. The second-order valence-electron chi connectivity index (χ2n) is 8.97. The highest BCUT2D eigenvalue weighted by Gasteiger charge is 2.33. The Kier molecular flexibility index (Phi) is 7.17. The second-order valence-corrected chi connectivity index (χ2v) is 9.37. The zero-order valence-corrected chi connectivity index (χ0v) is 18.8. The van der Waals surface area contributed by atoms with Gasteiger partial charge in [-0.2, -0.15) is 5.26 Å². The molecule has 33 heavy (non-hydrogen) atoms. The van der Waals surface area contributed by atoms with Crippen molar-refractivity contribution in [2.24, 2.45) is 11.8 Å². The van der Waals surface area contributed by atoms with Crippen LogP contribution < -0.4 is 16.0 Å². The number of piperidine rings is 1. The van der Waals surface area contributed by atoms with Crippen LogP contribution in [0.2, 0.25) is 5.02 Å². The number of aliphatic hydroxyl groups is 1. The fourth-order valence-electron chi connectivity index (χ4n) is 4.35. The van der Waals surface area contributed by atoms with Crippen molar-refractivity contribution < 1.29 is 19.1 Å². The van der Waals surface area contributed by atoms with E-state index < -0.39 is 35.9 Å². The minimum atomic E-state index is -0.811. The molecule has 0 spiro atoms. The molecule has 1 aromatic carbocycles. The number of carbonyl (C=O) groups is 2. The fourth-order valence-corrected chi connectivity index (χ4v) is 4.61. The predicted molar refractivity (Wildman–Crippen MR) is 121 cm³/mol. The summed E-state index contributed by atoms with van der Waals surface area (Å²) in [7, 11) is 0. The number of nitrogens with zero attached hydrogens (tertiary/aromatic N) is 1. The summed E-state index contributed by atoms with van der Waals surface area (Å²) in [6, 6.07) is 4.43. The van der Waals surface area contributed by atoms with Crippen LogP contribution in [-0.4, -0.2) is 46.8 Å². The molecule has 8 nitrogen and oxygen atoms in total. The average Bonchev–Trinajstić information content (AvgIpc) is 3.49. The van der Waals surface area contributed by atoms with Crippen LogP contribution in [0.3, 0.4) is 0 Å². The number of nitriles is 1. The minimum absolute atomic E-state index is 0.128. The third-order valence-corrected chi connectivity index (χ3v) is 6.64. The van der Waals surface area contributed by atoms with Gasteiger partial charge in [0.1, 0.15) is 29.8 Å². The van der Waals surface area contributed by atoms with E-state index in [9.17, 15) is 24.3 Å². The molecule has 4 rings (SSSR count). The van der Waals surface area contributed by atoms with Gasteiger partial charge in [-0.1, -0.05) is 24.4 Å². The number of H-pyrrole nitrogens is 1. The third-order valence-electron chi connectivity index (χ3n) is 6.34. The molecular formula is C23H27ClFN5O3. The van der Waals surface area contributed by atoms with Crippen LogP contribution in [0.4, 0.5) is 4.39 Å². The molecule has 2 heterocycles. The number of nitrogens with one attached hydrogen (secondary N) is 4. The van der Waals surface area contributed by atoms with Crippen LogP contribution in [0, 0.1) is 29.0 Å². The summed E-state index contributed by atoms with van der Waals surface area (Å²) in [5.41, 5.74) is 0.606. The molecule has 1 saturated heterocycles. The summed E-state index contributed by atoms with van der Waals surface area (Å²) < 4.78 is 13.6. The molecular weight excluding hydrogens is 449 g/mol. The molecule has 2 aliphatic rings. The number of hydrogen-bond donors (Lipinski definition) is 5. The van der Waals surface area contributed by atoms with Crippen LogP contribution in [-0.2, 0) is 4.79 Å². The topological polar surface area (TPSA) is 130 Å². The van der Waals surface area contributed by atoms with Gasteiger partial charge in [-0.15, -0.1) is 0 Å². The first-order chi connectivity index (χ1) is 15.8. The van der Waals surface area contributed by atoms with E-state index in [1.54, 1.807) is 0 Å². The Hall–Kier alpha value is -2.67. The second kappa shape index (κ2) is 10.1. The first-order valence-corrected chi connectivity index (χ1v) is 11.6. The lowest BCUT2D eigenvalue weighted by atomic mass is 9.91. The van der Waals surface area contributed by atoms with Crippen LogP contribution in [0.5, 0.6) is 0 Å². The van der Waals surface area contributed by atoms with Crippen molar-refractivity contribution in [3.63, 3.8) is 0 Å². The summed E-state index contributed by atoms with van der Waals surface area (Å²) in [4.78, 5) is 28.8. The third kappa shape index (κ3) is 5.82. The van der Waals surface area contributed by atoms with E-state index in [1.807, 2.05) is 0 Å². The number of carbonyl (C=O) groups excluding carboxylic acids is 2. The number of amides is 2. The van der Waals surface area contributed by atoms with Gasteiger partial charge in [0.25, 0.3) is 5.91 Å². The number of hydrogen-bond acceptors (Lipinski definition) is 5. The standard InChI is InChI=1S/C23H27ClFN5O3/c24-17-10-15(25)7-14-9-19(29-20(14)17)23(33)30-18(6-12-3-4-12)22(32)28-16(11-26)8-13-2-1-5-27-21(13)31/h7,9-10,12-13,16,18,21,27,29,31H,1-6,8H2,(H,28,32)(H,30,33). The monoisotopic (exact) mass is 475 g/mol. The van der Waals surface area contributed by atoms with Crippen LogP contribution in [0.15, 0.2) is 18.2 Å². The summed E-state index contributed by atoms with van der Waals surface area (Å²) in [5, 5.41) is 28.7. The Morgan fingerprint density at radius 3 is 2.73 bits per heavy atom. The molecule has 0 radical (unpaired) electrons. The lowest BCUT2D eigenvalue weighted by molar-refractivity contribution is -0.123. The summed E-state index contributed by atoms with van der Waals surface area (Å²) in [6.45, 7) is 0.725. The van der Waals surface area contributed by atoms with E-state index in [4.69, 9.17) is 11.6 Å².